The molecule has 0 spiro atoms. The fourth-order valence-corrected chi connectivity index (χ4v) is 1.58. The predicted molar refractivity (Wildman–Crippen MR) is 50.1 cm³/mol. The van der Waals surface area contributed by atoms with E-state index in [0.717, 1.165) is 0 Å². The number of likely N-dealkylation sites (tertiary alicyclic amines) is 1. The van der Waals surface area contributed by atoms with Crippen molar-refractivity contribution in [3.05, 3.63) is 30.1 Å². The highest BCUT2D eigenvalue weighted by Crippen LogP contribution is 2.34. The molecule has 2 heterocycles. The maximum absolute atomic E-state index is 11.6. The van der Waals surface area contributed by atoms with Gasteiger partial charge in [-0.15, -0.1) is 0 Å². The Hall–Kier alpha value is -1.42. The highest BCUT2D eigenvalue weighted by Gasteiger charge is 2.42. The van der Waals surface area contributed by atoms with E-state index < -0.39 is 18.6 Å². The van der Waals surface area contributed by atoms with Gasteiger partial charge in [-0.1, -0.05) is 6.07 Å². The highest BCUT2D eigenvalue weighted by molar-refractivity contribution is 5.79. The van der Waals surface area contributed by atoms with Crippen molar-refractivity contribution in [3.63, 3.8) is 0 Å². The number of aliphatic hydroxyl groups is 1. The van der Waals surface area contributed by atoms with Gasteiger partial charge in [0.05, 0.1) is 0 Å². The van der Waals surface area contributed by atoms with Crippen molar-refractivity contribution in [2.75, 3.05) is 6.98 Å². The van der Waals surface area contributed by atoms with Crippen LogP contribution in [-0.2, 0) is 10.5 Å². The van der Waals surface area contributed by atoms with Crippen molar-refractivity contribution >= 4 is 5.91 Å². The lowest BCUT2D eigenvalue weighted by molar-refractivity contribution is -0.142. The van der Waals surface area contributed by atoms with E-state index in [1.54, 1.807) is 12.1 Å². The Morgan fingerprint density at radius 3 is 3.29 bits per heavy atom. The Morgan fingerprint density at radius 1 is 1.79 bits per heavy atom. The van der Waals surface area contributed by atoms with E-state index in [1.807, 2.05) is 0 Å². The molecule has 4 heteroatoms. The standard InChI is InChI=1S/C10H12N2O2/c1-12-9(13)4-5-10(12,14)8-3-2-6-11-7-8/h2-3,6-7,14H,4-5H2,1H3/i1D3. The first-order valence-electron chi connectivity index (χ1n) is 5.82. The van der Waals surface area contributed by atoms with Crippen LogP contribution in [0.25, 0.3) is 0 Å². The molecule has 0 radical (unpaired) electrons. The molecule has 1 fully saturated rings. The Balaban J connectivity index is 2.47. The van der Waals surface area contributed by atoms with Gasteiger partial charge in [-0.25, -0.2) is 0 Å². The SMILES string of the molecule is [2H]C([2H])([2H])N1C(=O)CCC1(O)c1cccnc1. The lowest BCUT2D eigenvalue weighted by Gasteiger charge is -2.30. The zero-order valence-corrected chi connectivity index (χ0v) is 7.47. The summed E-state index contributed by atoms with van der Waals surface area (Å²) in [5, 5.41) is 10.4. The van der Waals surface area contributed by atoms with Crippen LogP contribution in [-0.4, -0.2) is 27.9 Å². The van der Waals surface area contributed by atoms with Gasteiger partial charge in [-0.3, -0.25) is 9.78 Å². The lowest BCUT2D eigenvalue weighted by Crippen LogP contribution is -2.40. The summed E-state index contributed by atoms with van der Waals surface area (Å²) in [5.74, 6) is -0.573. The minimum absolute atomic E-state index is 0.0176. The number of hydrogen-bond donors (Lipinski definition) is 1. The summed E-state index contributed by atoms with van der Waals surface area (Å²) in [4.78, 5) is 16.0. The second kappa shape index (κ2) is 3.06. The van der Waals surface area contributed by atoms with Gasteiger partial charge in [-0.2, -0.15) is 0 Å². The molecule has 0 bridgehead atoms. The molecular weight excluding hydrogens is 180 g/mol. The molecule has 1 aliphatic rings. The summed E-state index contributed by atoms with van der Waals surface area (Å²) >= 11 is 0. The molecule has 1 aliphatic heterocycles. The summed E-state index contributed by atoms with van der Waals surface area (Å²) in [6.07, 6.45) is 2.97. The molecule has 0 aromatic carbocycles. The van der Waals surface area contributed by atoms with Crippen molar-refractivity contribution in [2.24, 2.45) is 0 Å². The third kappa shape index (κ3) is 1.19. The van der Waals surface area contributed by atoms with Crippen LogP contribution in [0.4, 0.5) is 0 Å². The molecule has 4 nitrogen and oxygen atoms in total. The summed E-state index contributed by atoms with van der Waals surface area (Å²) in [7, 11) is 0. The molecule has 14 heavy (non-hydrogen) atoms. The number of aromatic nitrogens is 1. The molecule has 74 valence electrons. The minimum Gasteiger partial charge on any atom is -0.367 e. The summed E-state index contributed by atoms with van der Waals surface area (Å²) in [6.45, 7) is -2.65. The molecule has 0 aliphatic carbocycles. The van der Waals surface area contributed by atoms with Gasteiger partial charge >= 0.3 is 0 Å². The Labute approximate surface area is 86.4 Å². The van der Waals surface area contributed by atoms with Crippen LogP contribution < -0.4 is 0 Å². The van der Waals surface area contributed by atoms with Gasteiger partial charge in [-0.05, 0) is 6.07 Å². The summed E-state index contributed by atoms with van der Waals surface area (Å²) in [5.41, 5.74) is -1.46. The van der Waals surface area contributed by atoms with Crippen molar-refractivity contribution in [1.82, 2.24) is 9.88 Å². The Bertz CT molecular complexity index is 435. The number of amides is 1. The molecule has 1 saturated heterocycles. The molecule has 1 amide bonds. The number of nitrogens with zero attached hydrogens (tertiary/aromatic N) is 2. The maximum atomic E-state index is 11.6. The van der Waals surface area contributed by atoms with Gasteiger partial charge in [0.1, 0.15) is 0 Å². The number of carbonyl (C=O) groups excluding carboxylic acids is 1. The number of carbonyl (C=O) groups is 1. The molecule has 1 unspecified atom stereocenters. The monoisotopic (exact) mass is 195 g/mol. The quantitative estimate of drug-likeness (QED) is 0.709. The maximum Gasteiger partial charge on any atom is 0.225 e. The minimum atomic E-state index is -2.65. The molecule has 1 atom stereocenters. The zero-order chi connectivity index (χ0) is 12.7. The van der Waals surface area contributed by atoms with Crippen molar-refractivity contribution in [1.29, 1.82) is 0 Å². The molecule has 2 rings (SSSR count). The van der Waals surface area contributed by atoms with Gasteiger partial charge in [0, 0.05) is 41.9 Å². The van der Waals surface area contributed by atoms with Crippen LogP contribution in [0.1, 0.15) is 22.5 Å². The summed E-state index contributed by atoms with van der Waals surface area (Å²) in [6, 6.07) is 3.15. The van der Waals surface area contributed by atoms with E-state index in [0.29, 0.717) is 10.5 Å². The molecular formula is C10H12N2O2. The average molecular weight is 195 g/mol. The first-order chi connectivity index (χ1) is 7.86. The molecule has 1 aromatic heterocycles. The van der Waals surface area contributed by atoms with E-state index in [2.05, 4.69) is 4.98 Å². The smallest absolute Gasteiger partial charge is 0.225 e. The van der Waals surface area contributed by atoms with Crippen LogP contribution in [0.3, 0.4) is 0 Å². The number of hydrogen-bond acceptors (Lipinski definition) is 3. The largest absolute Gasteiger partial charge is 0.367 e. The number of rotatable bonds is 1. The predicted octanol–water partition coefficient (Wildman–Crippen LogP) is 0.479. The normalized spacial score (nSPS) is 31.1. The van der Waals surface area contributed by atoms with Crippen LogP contribution in [0.15, 0.2) is 24.5 Å². The van der Waals surface area contributed by atoms with Crippen LogP contribution in [0, 0.1) is 0 Å². The van der Waals surface area contributed by atoms with E-state index in [1.165, 1.54) is 12.4 Å². The third-order valence-corrected chi connectivity index (χ3v) is 2.43. The fraction of sp³-hybridized carbons (Fsp3) is 0.400. The lowest BCUT2D eigenvalue weighted by atomic mass is 10.0. The van der Waals surface area contributed by atoms with E-state index in [-0.39, 0.29) is 12.8 Å². The highest BCUT2D eigenvalue weighted by atomic mass is 16.3. The van der Waals surface area contributed by atoms with E-state index in [4.69, 9.17) is 4.11 Å². The Kier molecular flexibility index (Phi) is 1.34. The Morgan fingerprint density at radius 2 is 2.64 bits per heavy atom. The second-order valence-corrected chi connectivity index (χ2v) is 3.29. The van der Waals surface area contributed by atoms with Crippen molar-refractivity contribution in [3.8, 4) is 0 Å². The van der Waals surface area contributed by atoms with E-state index in [9.17, 15) is 9.90 Å². The first-order valence-corrected chi connectivity index (χ1v) is 4.32. The van der Waals surface area contributed by atoms with Crippen LogP contribution in [0.2, 0.25) is 0 Å². The van der Waals surface area contributed by atoms with Gasteiger partial charge in [0.25, 0.3) is 0 Å². The van der Waals surface area contributed by atoms with Gasteiger partial charge in [0.15, 0.2) is 5.72 Å². The number of pyridine rings is 1. The van der Waals surface area contributed by atoms with Gasteiger partial charge in [0.2, 0.25) is 5.91 Å². The van der Waals surface area contributed by atoms with Crippen molar-refractivity contribution < 1.29 is 14.0 Å². The third-order valence-electron chi connectivity index (χ3n) is 2.43. The second-order valence-electron chi connectivity index (χ2n) is 3.29. The van der Waals surface area contributed by atoms with Crippen molar-refractivity contribution in [2.45, 2.75) is 18.6 Å². The van der Waals surface area contributed by atoms with E-state index >= 15 is 0 Å². The molecule has 1 N–H and O–H groups in total. The summed E-state index contributed by atoms with van der Waals surface area (Å²) < 4.78 is 22.0. The zero-order valence-electron chi connectivity index (χ0n) is 10.5. The molecule has 0 saturated carbocycles. The van der Waals surface area contributed by atoms with Crippen LogP contribution >= 0.6 is 0 Å². The van der Waals surface area contributed by atoms with Crippen LogP contribution in [0.5, 0.6) is 0 Å². The average Bonchev–Trinajstić information content (AvgIpc) is 2.57. The van der Waals surface area contributed by atoms with Gasteiger partial charge < -0.3 is 10.0 Å². The topological polar surface area (TPSA) is 53.4 Å². The first kappa shape index (κ1) is 6.14. The fourth-order valence-electron chi connectivity index (χ4n) is 1.58. The molecule has 1 aromatic rings.